The van der Waals surface area contributed by atoms with Gasteiger partial charge in [0.2, 0.25) is 5.13 Å². The fourth-order valence-corrected chi connectivity index (χ4v) is 3.07. The third-order valence-electron chi connectivity index (χ3n) is 3.09. The molecule has 1 fully saturated rings. The molecule has 1 aromatic rings. The first kappa shape index (κ1) is 11.8. The highest BCUT2D eigenvalue weighted by Gasteiger charge is 2.26. The van der Waals surface area contributed by atoms with Crippen molar-refractivity contribution in [3.05, 3.63) is 5.82 Å². The second-order valence-corrected chi connectivity index (χ2v) is 4.93. The monoisotopic (exact) mass is 241 g/mol. The summed E-state index contributed by atoms with van der Waals surface area (Å²) < 4.78 is 4.33. The van der Waals surface area contributed by atoms with Crippen molar-refractivity contribution in [3.8, 4) is 0 Å². The molecule has 4 nitrogen and oxygen atoms in total. The van der Waals surface area contributed by atoms with Crippen LogP contribution in [0.1, 0.15) is 38.4 Å². The van der Waals surface area contributed by atoms with Crippen molar-refractivity contribution in [1.29, 1.82) is 0 Å². The summed E-state index contributed by atoms with van der Waals surface area (Å²) in [7, 11) is 0. The van der Waals surface area contributed by atoms with Crippen molar-refractivity contribution < 1.29 is 5.11 Å². The molecule has 0 spiro atoms. The molecule has 0 amide bonds. The molecular weight excluding hydrogens is 222 g/mol. The summed E-state index contributed by atoms with van der Waals surface area (Å²) >= 11 is 1.51. The first-order valence-electron chi connectivity index (χ1n) is 6.05. The van der Waals surface area contributed by atoms with Crippen LogP contribution < -0.4 is 4.90 Å². The molecule has 1 aliphatic heterocycles. The van der Waals surface area contributed by atoms with Crippen LogP contribution in [-0.2, 0) is 6.42 Å². The van der Waals surface area contributed by atoms with Crippen molar-refractivity contribution in [3.63, 3.8) is 0 Å². The van der Waals surface area contributed by atoms with Crippen LogP contribution in [0.4, 0.5) is 5.13 Å². The maximum atomic E-state index is 8.88. The number of rotatable bonds is 5. The molecule has 1 atom stereocenters. The molecule has 0 radical (unpaired) electrons. The smallest absolute Gasteiger partial charge is 0.205 e. The molecule has 5 heteroatoms. The van der Waals surface area contributed by atoms with Gasteiger partial charge in [-0.2, -0.15) is 4.37 Å². The SMILES string of the molecule is CCc1nsc(N2CCCC2CCCO)n1. The Labute approximate surface area is 100 Å². The highest BCUT2D eigenvalue weighted by atomic mass is 32.1. The van der Waals surface area contributed by atoms with Gasteiger partial charge in [0, 0.05) is 37.1 Å². The molecule has 1 saturated heterocycles. The highest BCUT2D eigenvalue weighted by Crippen LogP contribution is 2.29. The summed E-state index contributed by atoms with van der Waals surface area (Å²) in [6, 6.07) is 0.560. The van der Waals surface area contributed by atoms with E-state index >= 15 is 0 Å². The minimum Gasteiger partial charge on any atom is -0.396 e. The van der Waals surface area contributed by atoms with Gasteiger partial charge in [-0.15, -0.1) is 0 Å². The third-order valence-corrected chi connectivity index (χ3v) is 3.88. The molecule has 90 valence electrons. The van der Waals surface area contributed by atoms with Crippen LogP contribution >= 0.6 is 11.5 Å². The molecule has 2 rings (SSSR count). The Bertz CT molecular complexity index is 329. The Morgan fingerprint density at radius 1 is 1.56 bits per heavy atom. The first-order chi connectivity index (χ1) is 7.85. The normalized spacial score (nSPS) is 20.6. The predicted octanol–water partition coefficient (Wildman–Crippen LogP) is 1.84. The van der Waals surface area contributed by atoms with Crippen molar-refractivity contribution >= 4 is 16.7 Å². The van der Waals surface area contributed by atoms with Crippen LogP contribution in [0, 0.1) is 0 Å². The average Bonchev–Trinajstić information content (AvgIpc) is 2.94. The van der Waals surface area contributed by atoms with Crippen LogP contribution in [0.2, 0.25) is 0 Å². The summed E-state index contributed by atoms with van der Waals surface area (Å²) in [5.41, 5.74) is 0. The van der Waals surface area contributed by atoms with Crippen LogP contribution in [0.5, 0.6) is 0 Å². The predicted molar refractivity (Wildman–Crippen MR) is 66.0 cm³/mol. The third kappa shape index (κ3) is 2.52. The molecule has 0 saturated carbocycles. The van der Waals surface area contributed by atoms with Crippen molar-refractivity contribution in [2.75, 3.05) is 18.1 Å². The van der Waals surface area contributed by atoms with Gasteiger partial charge in [-0.25, -0.2) is 4.98 Å². The number of aliphatic hydroxyl groups excluding tert-OH is 1. The van der Waals surface area contributed by atoms with E-state index in [2.05, 4.69) is 21.2 Å². The van der Waals surface area contributed by atoms with Crippen molar-refractivity contribution in [2.24, 2.45) is 0 Å². The number of aromatic nitrogens is 2. The Hall–Kier alpha value is -0.680. The van der Waals surface area contributed by atoms with E-state index in [0.29, 0.717) is 12.6 Å². The van der Waals surface area contributed by atoms with E-state index in [9.17, 15) is 0 Å². The van der Waals surface area contributed by atoms with E-state index in [1.165, 1.54) is 24.4 Å². The second kappa shape index (κ2) is 5.59. The molecule has 2 heterocycles. The largest absolute Gasteiger partial charge is 0.396 e. The lowest BCUT2D eigenvalue weighted by Crippen LogP contribution is -2.29. The van der Waals surface area contributed by atoms with E-state index in [1.54, 1.807) is 0 Å². The fourth-order valence-electron chi connectivity index (χ4n) is 2.22. The summed E-state index contributed by atoms with van der Waals surface area (Å²) in [5, 5.41) is 9.95. The van der Waals surface area contributed by atoms with Crippen molar-refractivity contribution in [1.82, 2.24) is 9.36 Å². The van der Waals surface area contributed by atoms with Crippen LogP contribution in [0.25, 0.3) is 0 Å². The Morgan fingerprint density at radius 3 is 3.12 bits per heavy atom. The number of aryl methyl sites for hydroxylation is 1. The van der Waals surface area contributed by atoms with Gasteiger partial charge in [0.15, 0.2) is 0 Å². The van der Waals surface area contributed by atoms with Gasteiger partial charge in [-0.3, -0.25) is 0 Å². The van der Waals surface area contributed by atoms with Crippen LogP contribution in [-0.4, -0.2) is 33.7 Å². The van der Waals surface area contributed by atoms with Crippen LogP contribution in [0.15, 0.2) is 0 Å². The fraction of sp³-hybridized carbons (Fsp3) is 0.818. The van der Waals surface area contributed by atoms with E-state index in [1.807, 2.05) is 0 Å². The van der Waals surface area contributed by atoms with Crippen LogP contribution in [0.3, 0.4) is 0 Å². The number of anilines is 1. The Morgan fingerprint density at radius 2 is 2.44 bits per heavy atom. The van der Waals surface area contributed by atoms with Crippen molar-refractivity contribution in [2.45, 2.75) is 45.1 Å². The number of aliphatic hydroxyl groups is 1. The lowest BCUT2D eigenvalue weighted by molar-refractivity contribution is 0.279. The topological polar surface area (TPSA) is 49.2 Å². The summed E-state index contributed by atoms with van der Waals surface area (Å²) in [5.74, 6) is 0.952. The molecule has 1 aliphatic rings. The Balaban J connectivity index is 2.01. The second-order valence-electron chi connectivity index (χ2n) is 4.20. The Kier molecular flexibility index (Phi) is 4.12. The molecule has 0 aromatic carbocycles. The summed E-state index contributed by atoms with van der Waals surface area (Å²) in [6.07, 6.45) is 5.32. The van der Waals surface area contributed by atoms with Gasteiger partial charge >= 0.3 is 0 Å². The summed E-state index contributed by atoms with van der Waals surface area (Å²) in [6.45, 7) is 3.47. The van der Waals surface area contributed by atoms with Gasteiger partial charge < -0.3 is 10.0 Å². The van der Waals surface area contributed by atoms with E-state index in [-0.39, 0.29) is 0 Å². The lowest BCUT2D eigenvalue weighted by atomic mass is 10.1. The van der Waals surface area contributed by atoms with Gasteiger partial charge in [0.05, 0.1) is 0 Å². The zero-order valence-corrected chi connectivity index (χ0v) is 10.5. The molecular formula is C11H19N3OS. The molecule has 1 N–H and O–H groups in total. The minimum atomic E-state index is 0.292. The zero-order valence-electron chi connectivity index (χ0n) is 9.72. The minimum absolute atomic E-state index is 0.292. The first-order valence-corrected chi connectivity index (χ1v) is 6.82. The molecule has 0 bridgehead atoms. The molecule has 1 aromatic heterocycles. The highest BCUT2D eigenvalue weighted by molar-refractivity contribution is 7.09. The summed E-state index contributed by atoms with van der Waals surface area (Å²) in [4.78, 5) is 6.91. The van der Waals surface area contributed by atoms with Gasteiger partial charge in [-0.1, -0.05) is 6.92 Å². The zero-order chi connectivity index (χ0) is 11.4. The maximum Gasteiger partial charge on any atom is 0.205 e. The van der Waals surface area contributed by atoms with Gasteiger partial charge in [0.25, 0.3) is 0 Å². The number of nitrogens with zero attached hydrogens (tertiary/aromatic N) is 3. The maximum absolute atomic E-state index is 8.88. The van der Waals surface area contributed by atoms with E-state index < -0.39 is 0 Å². The standard InChI is InChI=1S/C11H19N3OS/c1-2-10-12-11(16-13-10)14-7-3-5-9(14)6-4-8-15/h9,15H,2-8H2,1H3. The quantitative estimate of drug-likeness (QED) is 0.854. The van der Waals surface area contributed by atoms with Gasteiger partial charge in [0.1, 0.15) is 5.82 Å². The lowest BCUT2D eigenvalue weighted by Gasteiger charge is -2.23. The average molecular weight is 241 g/mol. The molecule has 16 heavy (non-hydrogen) atoms. The molecule has 0 aliphatic carbocycles. The van der Waals surface area contributed by atoms with E-state index in [4.69, 9.17) is 5.11 Å². The van der Waals surface area contributed by atoms with E-state index in [0.717, 1.165) is 36.8 Å². The number of hydrogen-bond donors (Lipinski definition) is 1. The number of hydrogen-bond acceptors (Lipinski definition) is 5. The molecule has 1 unspecified atom stereocenters. The van der Waals surface area contributed by atoms with Gasteiger partial charge in [-0.05, 0) is 25.7 Å².